The minimum absolute atomic E-state index is 0.0259. The highest BCUT2D eigenvalue weighted by Gasteiger charge is 2.27. The lowest BCUT2D eigenvalue weighted by molar-refractivity contribution is 0.0746. The molecule has 0 aliphatic carbocycles. The highest BCUT2D eigenvalue weighted by atomic mass is 16.6. The number of carbonyl (C=O) groups excluding carboxylic acids is 2. The van der Waals surface area contributed by atoms with E-state index in [1.54, 1.807) is 11.1 Å². The Morgan fingerprint density at radius 2 is 1.88 bits per heavy atom. The number of piperazine rings is 1. The number of aliphatic imine (C=N–C) groups is 1. The van der Waals surface area contributed by atoms with Crippen LogP contribution in [0.3, 0.4) is 0 Å². The minimum atomic E-state index is -0.276. The Bertz CT molecular complexity index is 1550. The van der Waals surface area contributed by atoms with Crippen molar-refractivity contribution in [3.8, 4) is 0 Å². The van der Waals surface area contributed by atoms with Crippen molar-refractivity contribution >= 4 is 29.2 Å². The van der Waals surface area contributed by atoms with E-state index < -0.39 is 0 Å². The molecule has 0 bridgehead atoms. The summed E-state index contributed by atoms with van der Waals surface area (Å²) in [4.78, 5) is 40.1. The van der Waals surface area contributed by atoms with Crippen molar-refractivity contribution < 1.29 is 14.3 Å². The summed E-state index contributed by atoms with van der Waals surface area (Å²) in [6.07, 6.45) is 14.2. The molecule has 220 valence electrons. The number of hydrazine groups is 1. The molecule has 0 radical (unpaired) electrons. The number of rotatable bonds is 5. The number of anilines is 1. The molecule has 1 N–H and O–H groups in total. The molecule has 43 heavy (non-hydrogen) atoms. The summed E-state index contributed by atoms with van der Waals surface area (Å²) >= 11 is 0. The second-order valence-electron chi connectivity index (χ2n) is 10.6. The van der Waals surface area contributed by atoms with Crippen LogP contribution in [0, 0.1) is 0 Å². The van der Waals surface area contributed by atoms with Crippen LogP contribution in [-0.2, 0) is 4.74 Å². The molecule has 0 saturated carbocycles. The van der Waals surface area contributed by atoms with E-state index in [1.807, 2.05) is 77.8 Å². The Hall–Kier alpha value is -5.12. The normalized spacial score (nSPS) is 19.3. The fourth-order valence-electron chi connectivity index (χ4n) is 5.55. The molecule has 0 atom stereocenters. The van der Waals surface area contributed by atoms with Gasteiger partial charge in [-0.25, -0.2) is 9.79 Å². The first-order chi connectivity index (χ1) is 21.0. The third-order valence-electron chi connectivity index (χ3n) is 7.89. The molecular weight excluding hydrogens is 542 g/mol. The molecular formula is C33H35N7O3. The van der Waals surface area contributed by atoms with Crippen molar-refractivity contribution in [2.45, 2.75) is 13.3 Å². The number of nitrogens with zero attached hydrogens (tertiary/aromatic N) is 6. The van der Waals surface area contributed by atoms with Crippen molar-refractivity contribution in [1.82, 2.24) is 25.2 Å². The second-order valence-corrected chi connectivity index (χ2v) is 10.6. The van der Waals surface area contributed by atoms with Gasteiger partial charge in [-0.3, -0.25) is 20.2 Å². The molecule has 0 spiro atoms. The Morgan fingerprint density at radius 1 is 1.07 bits per heavy atom. The zero-order valence-electron chi connectivity index (χ0n) is 24.3. The fourth-order valence-corrected chi connectivity index (χ4v) is 5.55. The van der Waals surface area contributed by atoms with Crippen LogP contribution in [0.1, 0.15) is 23.7 Å². The number of aromatic nitrogens is 1. The lowest BCUT2D eigenvalue weighted by atomic mass is 9.93. The monoisotopic (exact) mass is 577 g/mol. The molecule has 4 aliphatic heterocycles. The number of fused-ring (bicyclic) bond motifs is 1. The van der Waals surface area contributed by atoms with Crippen molar-refractivity contribution in [2.75, 3.05) is 50.8 Å². The number of allylic oxidation sites excluding steroid dienone is 3. The largest absolute Gasteiger partial charge is 0.450 e. The molecule has 5 heterocycles. The van der Waals surface area contributed by atoms with E-state index in [-0.39, 0.29) is 12.0 Å². The van der Waals surface area contributed by atoms with Gasteiger partial charge in [0.05, 0.1) is 29.9 Å². The summed E-state index contributed by atoms with van der Waals surface area (Å²) in [5, 5.41) is 1.93. The van der Waals surface area contributed by atoms with Crippen LogP contribution >= 0.6 is 0 Å². The van der Waals surface area contributed by atoms with Gasteiger partial charge in [0.25, 0.3) is 5.91 Å². The zero-order valence-corrected chi connectivity index (χ0v) is 24.3. The standard InChI is InChI=1S/C33H35N7O3/c1-3-43-33(42)39-16-12-25(13-17-39)29-7-5-15-40-30(29)22-24(2)31(36-40)35-27-10-8-26(9-11-27)32(41)38-20-18-37(19-21-38)28-6-4-14-34-23-28/h4-12,14-15,22-23H,2-3,13,16-21H2,1H3,(H,35,36). The number of amides is 2. The van der Waals surface area contributed by atoms with Gasteiger partial charge >= 0.3 is 6.09 Å². The van der Waals surface area contributed by atoms with Crippen molar-refractivity contribution in [1.29, 1.82) is 0 Å². The number of carbonyl (C=O) groups is 2. The average molecular weight is 578 g/mol. The lowest BCUT2D eigenvalue weighted by Gasteiger charge is -2.36. The first-order valence-corrected chi connectivity index (χ1v) is 14.6. The molecule has 1 saturated heterocycles. The summed E-state index contributed by atoms with van der Waals surface area (Å²) in [6.45, 7) is 10.4. The maximum Gasteiger partial charge on any atom is 0.410 e. The Balaban J connectivity index is 1.09. The fraction of sp³-hybridized carbons (Fsp3) is 0.273. The number of nitrogens with one attached hydrogen (secondary N) is 1. The number of pyridine rings is 1. The number of hydrogen-bond donors (Lipinski definition) is 1. The molecule has 4 aliphatic rings. The van der Waals surface area contributed by atoms with Crippen LogP contribution in [0.15, 0.2) is 113 Å². The van der Waals surface area contributed by atoms with Crippen LogP contribution in [0.2, 0.25) is 0 Å². The lowest BCUT2D eigenvalue weighted by Crippen LogP contribution is -2.48. The smallest absolute Gasteiger partial charge is 0.410 e. The predicted octanol–water partition coefficient (Wildman–Crippen LogP) is 4.58. The van der Waals surface area contributed by atoms with E-state index >= 15 is 0 Å². The zero-order chi connectivity index (χ0) is 29.8. The van der Waals surface area contributed by atoms with Gasteiger partial charge in [0.2, 0.25) is 0 Å². The van der Waals surface area contributed by atoms with Gasteiger partial charge in [0.1, 0.15) is 0 Å². The van der Waals surface area contributed by atoms with Crippen LogP contribution in [0.5, 0.6) is 0 Å². The first kappa shape index (κ1) is 28.0. The number of benzene rings is 1. The van der Waals surface area contributed by atoms with E-state index in [0.29, 0.717) is 44.2 Å². The summed E-state index contributed by atoms with van der Waals surface area (Å²) in [6, 6.07) is 11.4. The van der Waals surface area contributed by atoms with Crippen LogP contribution in [-0.4, -0.2) is 83.5 Å². The van der Waals surface area contributed by atoms with Gasteiger partial charge < -0.3 is 19.4 Å². The molecule has 1 aromatic carbocycles. The Labute approximate surface area is 251 Å². The third kappa shape index (κ3) is 6.08. The van der Waals surface area contributed by atoms with Gasteiger partial charge in [-0.2, -0.15) is 0 Å². The molecule has 0 unspecified atom stereocenters. The Kier molecular flexibility index (Phi) is 8.08. The van der Waals surface area contributed by atoms with E-state index in [0.717, 1.165) is 47.7 Å². The summed E-state index contributed by atoms with van der Waals surface area (Å²) < 4.78 is 5.14. The number of ether oxygens (including phenoxy) is 1. The maximum atomic E-state index is 13.2. The third-order valence-corrected chi connectivity index (χ3v) is 7.89. The molecule has 2 amide bonds. The van der Waals surface area contributed by atoms with Crippen LogP contribution < -0.4 is 10.3 Å². The number of hydrogen-bond acceptors (Lipinski definition) is 7. The quantitative estimate of drug-likeness (QED) is 0.556. The van der Waals surface area contributed by atoms with E-state index in [4.69, 9.17) is 9.73 Å². The molecule has 6 rings (SSSR count). The van der Waals surface area contributed by atoms with Gasteiger partial charge in [0, 0.05) is 68.4 Å². The number of amidine groups is 1. The average Bonchev–Trinajstić information content (AvgIpc) is 3.05. The minimum Gasteiger partial charge on any atom is -0.450 e. The highest BCUT2D eigenvalue weighted by Crippen LogP contribution is 2.32. The molecule has 10 nitrogen and oxygen atoms in total. The first-order valence-electron chi connectivity index (χ1n) is 14.6. The van der Waals surface area contributed by atoms with Crippen molar-refractivity contribution in [3.05, 3.63) is 114 Å². The molecule has 10 heteroatoms. The topological polar surface area (TPSA) is 93.6 Å². The van der Waals surface area contributed by atoms with Gasteiger partial charge in [-0.1, -0.05) is 18.7 Å². The predicted molar refractivity (Wildman–Crippen MR) is 167 cm³/mol. The van der Waals surface area contributed by atoms with Crippen molar-refractivity contribution in [2.24, 2.45) is 4.99 Å². The van der Waals surface area contributed by atoms with E-state index in [2.05, 4.69) is 34.0 Å². The van der Waals surface area contributed by atoms with Crippen LogP contribution in [0.25, 0.3) is 0 Å². The second kappa shape index (κ2) is 12.4. The molecule has 1 fully saturated rings. The molecule has 1 aromatic heterocycles. The SMILES string of the molecule is C=C1C=C2C(C3=CCN(C(=O)OCC)CC3)=CC=CN2NC1=Nc1ccc(C(=O)N2CCN(c3cccnc3)CC2)cc1. The van der Waals surface area contributed by atoms with Gasteiger partial charge in [0.15, 0.2) is 5.84 Å². The summed E-state index contributed by atoms with van der Waals surface area (Å²) in [7, 11) is 0. The van der Waals surface area contributed by atoms with Gasteiger partial charge in [-0.15, -0.1) is 0 Å². The summed E-state index contributed by atoms with van der Waals surface area (Å²) in [5.74, 6) is 0.657. The van der Waals surface area contributed by atoms with Crippen LogP contribution in [0.4, 0.5) is 16.2 Å². The summed E-state index contributed by atoms with van der Waals surface area (Å²) in [5.41, 5.74) is 9.81. The van der Waals surface area contributed by atoms with Crippen molar-refractivity contribution in [3.63, 3.8) is 0 Å². The Morgan fingerprint density at radius 3 is 2.58 bits per heavy atom. The van der Waals surface area contributed by atoms with E-state index in [1.165, 1.54) is 5.57 Å². The van der Waals surface area contributed by atoms with E-state index in [9.17, 15) is 9.59 Å². The maximum absolute atomic E-state index is 13.2. The van der Waals surface area contributed by atoms with Gasteiger partial charge in [-0.05, 0) is 67.5 Å². The molecule has 2 aromatic rings. The highest BCUT2D eigenvalue weighted by molar-refractivity contribution is 6.03.